The third kappa shape index (κ3) is 4.89. The molecule has 7 heteroatoms. The summed E-state index contributed by atoms with van der Waals surface area (Å²) in [6, 6.07) is 13.9. The van der Waals surface area contributed by atoms with Gasteiger partial charge < -0.3 is 9.84 Å². The third-order valence-corrected chi connectivity index (χ3v) is 7.19. The highest BCUT2D eigenvalue weighted by Gasteiger charge is 2.35. The molecule has 1 atom stereocenters. The smallest absolute Gasteiger partial charge is 0.322 e. The van der Waals surface area contributed by atoms with Crippen LogP contribution in [-0.2, 0) is 0 Å². The highest BCUT2D eigenvalue weighted by molar-refractivity contribution is 7.98. The molecule has 1 aliphatic heterocycles. The third-order valence-electron chi connectivity index (χ3n) is 6.45. The van der Waals surface area contributed by atoms with Crippen molar-refractivity contribution in [2.24, 2.45) is 0 Å². The van der Waals surface area contributed by atoms with Crippen molar-refractivity contribution in [3.05, 3.63) is 70.7 Å². The van der Waals surface area contributed by atoms with E-state index in [2.05, 4.69) is 61.6 Å². The quantitative estimate of drug-likeness (QED) is 0.287. The molecule has 34 heavy (non-hydrogen) atoms. The minimum atomic E-state index is -0.360. The van der Waals surface area contributed by atoms with E-state index in [4.69, 9.17) is 9.51 Å². The molecule has 3 aromatic rings. The Hall–Kier alpha value is -3.06. The van der Waals surface area contributed by atoms with Gasteiger partial charge >= 0.3 is 6.03 Å². The van der Waals surface area contributed by atoms with Gasteiger partial charge in [0.2, 0.25) is 5.82 Å². The largest absolute Gasteiger partial charge is 0.334 e. The van der Waals surface area contributed by atoms with Crippen LogP contribution in [0.25, 0.3) is 17.0 Å². The van der Waals surface area contributed by atoms with Crippen LogP contribution in [0.3, 0.4) is 0 Å². The van der Waals surface area contributed by atoms with E-state index in [1.165, 1.54) is 16.0 Å². The predicted octanol–water partition coefficient (Wildman–Crippen LogP) is 6.76. The van der Waals surface area contributed by atoms with Gasteiger partial charge in [0.25, 0.3) is 5.89 Å². The average molecular weight is 477 g/mol. The molecule has 1 unspecified atom stereocenters. The van der Waals surface area contributed by atoms with E-state index in [0.717, 1.165) is 41.7 Å². The summed E-state index contributed by atoms with van der Waals surface area (Å²) < 4.78 is 5.80. The Morgan fingerprint density at radius 1 is 1.06 bits per heavy atom. The van der Waals surface area contributed by atoms with Gasteiger partial charge in [-0.1, -0.05) is 43.1 Å². The van der Waals surface area contributed by atoms with E-state index in [-0.39, 0.29) is 12.1 Å². The molecule has 178 valence electrons. The Labute approximate surface area is 205 Å². The fourth-order valence-electron chi connectivity index (χ4n) is 4.23. The Bertz CT molecular complexity index is 1200. The maximum atomic E-state index is 13.1. The molecular formula is C27H32N4O2S. The number of aromatic nitrogens is 2. The number of rotatable bonds is 8. The average Bonchev–Trinajstić information content (AvgIpc) is 3.32. The molecular weight excluding hydrogens is 444 g/mol. The minimum absolute atomic E-state index is 0.0898. The fourth-order valence-corrected chi connectivity index (χ4v) is 4.64. The van der Waals surface area contributed by atoms with Gasteiger partial charge in [-0.15, -0.1) is 11.8 Å². The summed E-state index contributed by atoms with van der Waals surface area (Å²) >= 11 is 1.69. The molecule has 0 fully saturated rings. The molecule has 0 saturated heterocycles. The molecule has 2 aromatic carbocycles. The number of benzene rings is 2. The zero-order valence-corrected chi connectivity index (χ0v) is 21.3. The molecule has 2 amide bonds. The van der Waals surface area contributed by atoms with E-state index < -0.39 is 0 Å². The number of allylic oxidation sites excluding steroid dienone is 1. The second kappa shape index (κ2) is 10.5. The van der Waals surface area contributed by atoms with Crippen LogP contribution in [0.5, 0.6) is 0 Å². The van der Waals surface area contributed by atoms with Crippen molar-refractivity contribution in [1.82, 2.24) is 20.4 Å². The fraction of sp³-hybridized carbons (Fsp3) is 0.370. The minimum Gasteiger partial charge on any atom is -0.334 e. The van der Waals surface area contributed by atoms with E-state index >= 15 is 0 Å². The molecule has 1 aromatic heterocycles. The maximum absolute atomic E-state index is 13.1. The van der Waals surface area contributed by atoms with Gasteiger partial charge in [0, 0.05) is 22.7 Å². The van der Waals surface area contributed by atoms with E-state index in [0.29, 0.717) is 18.3 Å². The summed E-state index contributed by atoms with van der Waals surface area (Å²) in [7, 11) is 0. The van der Waals surface area contributed by atoms with Crippen molar-refractivity contribution in [3.8, 4) is 11.4 Å². The summed E-state index contributed by atoms with van der Waals surface area (Å²) in [5.74, 6) is 0.974. The first-order valence-corrected chi connectivity index (χ1v) is 13.0. The van der Waals surface area contributed by atoms with Gasteiger partial charge in [-0.05, 0) is 74.4 Å². The van der Waals surface area contributed by atoms with Crippen LogP contribution in [0.15, 0.2) is 57.6 Å². The van der Waals surface area contributed by atoms with E-state index in [1.54, 1.807) is 16.7 Å². The molecule has 2 heterocycles. The first kappa shape index (κ1) is 24.1. The predicted molar refractivity (Wildman–Crippen MR) is 138 cm³/mol. The number of carbonyl (C=O) groups is 1. The summed E-state index contributed by atoms with van der Waals surface area (Å²) in [5, 5.41) is 7.47. The van der Waals surface area contributed by atoms with Crippen molar-refractivity contribution in [1.29, 1.82) is 0 Å². The second-order valence-corrected chi connectivity index (χ2v) is 9.62. The summed E-state index contributed by atoms with van der Waals surface area (Å²) in [5.41, 5.74) is 5.99. The number of amides is 2. The lowest BCUT2D eigenvalue weighted by Gasteiger charge is -2.35. The van der Waals surface area contributed by atoms with Gasteiger partial charge in [-0.2, -0.15) is 4.98 Å². The van der Waals surface area contributed by atoms with Crippen LogP contribution in [-0.4, -0.2) is 33.9 Å². The Kier molecular flexibility index (Phi) is 7.41. The van der Waals surface area contributed by atoms with Crippen molar-refractivity contribution >= 4 is 23.4 Å². The number of thioether (sulfide) groups is 1. The van der Waals surface area contributed by atoms with Crippen LogP contribution >= 0.6 is 11.8 Å². The second-order valence-electron chi connectivity index (χ2n) is 8.74. The monoisotopic (exact) mass is 476 g/mol. The van der Waals surface area contributed by atoms with Crippen molar-refractivity contribution in [2.75, 3.05) is 12.8 Å². The standard InChI is InChI=1S/C27H32N4O2S/c1-6-7-8-15-31-19(4)23(24(28-27(31)32)21-10-9-17(2)18(3)16-21)26-29-25(30-33-26)20-11-13-22(34-5)14-12-20/h9-14,16,24H,6-8,15H2,1-5H3,(H,28,32). The molecule has 0 spiro atoms. The Morgan fingerprint density at radius 2 is 1.82 bits per heavy atom. The van der Waals surface area contributed by atoms with Crippen molar-refractivity contribution in [2.45, 2.75) is 57.9 Å². The van der Waals surface area contributed by atoms with Crippen molar-refractivity contribution < 1.29 is 9.32 Å². The number of aryl methyl sites for hydroxylation is 2. The molecule has 6 nitrogen and oxygen atoms in total. The summed E-state index contributed by atoms with van der Waals surface area (Å²) in [6.45, 7) is 8.96. The lowest BCUT2D eigenvalue weighted by molar-refractivity contribution is 0.204. The zero-order valence-electron chi connectivity index (χ0n) is 20.5. The van der Waals surface area contributed by atoms with Crippen LogP contribution in [0.1, 0.15) is 61.7 Å². The van der Waals surface area contributed by atoms with Gasteiger partial charge in [0.15, 0.2) is 0 Å². The number of hydrogen-bond acceptors (Lipinski definition) is 5. The summed E-state index contributed by atoms with van der Waals surface area (Å²) in [4.78, 5) is 20.9. The first-order chi connectivity index (χ1) is 16.4. The van der Waals surface area contributed by atoms with Crippen LogP contribution in [0.4, 0.5) is 4.79 Å². The molecule has 1 N–H and O–H groups in total. The number of carbonyl (C=O) groups excluding carboxylic acids is 1. The molecule has 1 aliphatic rings. The number of nitrogens with zero attached hydrogens (tertiary/aromatic N) is 3. The number of urea groups is 1. The normalized spacial score (nSPS) is 16.2. The Balaban J connectivity index is 1.76. The lowest BCUT2D eigenvalue weighted by Crippen LogP contribution is -2.46. The Morgan fingerprint density at radius 3 is 2.50 bits per heavy atom. The molecule has 0 saturated carbocycles. The highest BCUT2D eigenvalue weighted by atomic mass is 32.2. The number of unbranched alkanes of at least 4 members (excludes halogenated alkanes) is 2. The van der Waals surface area contributed by atoms with Gasteiger partial charge in [-0.3, -0.25) is 4.90 Å². The SMILES string of the molecule is CCCCCN1C(=O)NC(c2ccc(C)c(C)c2)C(c2nc(-c3ccc(SC)cc3)no2)=C1C. The number of hydrogen-bond donors (Lipinski definition) is 1. The summed E-state index contributed by atoms with van der Waals surface area (Å²) in [6.07, 6.45) is 5.16. The maximum Gasteiger partial charge on any atom is 0.322 e. The topological polar surface area (TPSA) is 71.3 Å². The highest BCUT2D eigenvalue weighted by Crippen LogP contribution is 2.38. The molecule has 0 aliphatic carbocycles. The van der Waals surface area contributed by atoms with Crippen LogP contribution in [0.2, 0.25) is 0 Å². The van der Waals surface area contributed by atoms with Gasteiger partial charge in [0.05, 0.1) is 11.6 Å². The van der Waals surface area contributed by atoms with Gasteiger partial charge in [-0.25, -0.2) is 4.79 Å². The lowest BCUT2D eigenvalue weighted by atomic mass is 9.92. The first-order valence-electron chi connectivity index (χ1n) is 11.8. The van der Waals surface area contributed by atoms with Gasteiger partial charge in [0.1, 0.15) is 0 Å². The van der Waals surface area contributed by atoms with Crippen LogP contribution < -0.4 is 5.32 Å². The molecule has 0 bridgehead atoms. The molecule has 4 rings (SSSR count). The molecule has 0 radical (unpaired) electrons. The van der Waals surface area contributed by atoms with Crippen LogP contribution in [0, 0.1) is 13.8 Å². The van der Waals surface area contributed by atoms with E-state index in [9.17, 15) is 4.79 Å². The number of nitrogens with one attached hydrogen (secondary N) is 1. The van der Waals surface area contributed by atoms with Crippen molar-refractivity contribution in [3.63, 3.8) is 0 Å². The zero-order chi connectivity index (χ0) is 24.2. The van der Waals surface area contributed by atoms with E-state index in [1.807, 2.05) is 25.3 Å².